The number of amides is 2. The first kappa shape index (κ1) is 12.6. The summed E-state index contributed by atoms with van der Waals surface area (Å²) in [4.78, 5) is 27.9. The Morgan fingerprint density at radius 2 is 1.65 bits per heavy atom. The molecule has 0 N–H and O–H groups in total. The Morgan fingerprint density at radius 3 is 2.12 bits per heavy atom. The van der Waals surface area contributed by atoms with Crippen LogP contribution in [0.5, 0.6) is 0 Å². The number of hydrogen-bond donors (Lipinski definition) is 0. The molecule has 2 fully saturated rings. The lowest BCUT2D eigenvalue weighted by molar-refractivity contribution is -0.129. The molecular weight excluding hydrogens is 256 g/mol. The lowest BCUT2D eigenvalue weighted by Gasteiger charge is -2.28. The Labute approximate surface area is 111 Å². The third kappa shape index (κ3) is 2.37. The minimum absolute atomic E-state index is 0.0550. The molecule has 17 heavy (non-hydrogen) atoms. The van der Waals surface area contributed by atoms with Gasteiger partial charge in [-0.2, -0.15) is 0 Å². The first-order valence-corrected chi connectivity index (χ1v) is 6.50. The van der Waals surface area contributed by atoms with Crippen LogP contribution in [-0.4, -0.2) is 44.2 Å². The highest BCUT2D eigenvalue weighted by molar-refractivity contribution is 7.80. The molecule has 0 spiro atoms. The molecule has 2 aliphatic rings. The fraction of sp³-hybridized carbons (Fsp3) is 0.636. The molecule has 2 rings (SSSR count). The largest absolute Gasteiger partial charge is 0.304 e. The lowest BCUT2D eigenvalue weighted by Crippen LogP contribution is -2.45. The zero-order chi connectivity index (χ0) is 12.6. The monoisotopic (exact) mass is 270 g/mol. The molecule has 2 heterocycles. The minimum atomic E-state index is -0.0856. The van der Waals surface area contributed by atoms with E-state index >= 15 is 0 Å². The molecule has 2 amide bonds. The molecule has 0 aliphatic carbocycles. The summed E-state index contributed by atoms with van der Waals surface area (Å²) in [6.45, 7) is 2.37. The van der Waals surface area contributed by atoms with Crippen LogP contribution in [0.1, 0.15) is 32.6 Å². The van der Waals surface area contributed by atoms with Crippen molar-refractivity contribution in [1.82, 2.24) is 9.80 Å². The zero-order valence-corrected chi connectivity index (χ0v) is 11.3. The highest BCUT2D eigenvalue weighted by Crippen LogP contribution is 2.20. The molecular formula is C11H14N2O2S2. The smallest absolute Gasteiger partial charge is 0.228 e. The number of nitrogens with zero attached hydrogens (tertiary/aromatic N) is 2. The number of carbonyl (C=O) groups is 2. The molecule has 4 nitrogen and oxygen atoms in total. The highest BCUT2D eigenvalue weighted by Gasteiger charge is 2.34. The normalized spacial score (nSPS) is 22.9. The third-order valence-electron chi connectivity index (χ3n) is 3.13. The van der Waals surface area contributed by atoms with Gasteiger partial charge in [0.1, 0.15) is 0 Å². The van der Waals surface area contributed by atoms with Crippen molar-refractivity contribution < 1.29 is 9.59 Å². The summed E-state index contributed by atoms with van der Waals surface area (Å²) in [5.41, 5.74) is 0. The van der Waals surface area contributed by atoms with Crippen molar-refractivity contribution in [2.45, 2.75) is 38.6 Å². The van der Waals surface area contributed by atoms with Crippen LogP contribution in [0.25, 0.3) is 0 Å². The summed E-state index contributed by atoms with van der Waals surface area (Å²) in [5, 5.41) is 0. The molecule has 1 unspecified atom stereocenters. The molecule has 2 aliphatic heterocycles. The maximum absolute atomic E-state index is 11.7. The van der Waals surface area contributed by atoms with Crippen LogP contribution in [0.15, 0.2) is 0 Å². The van der Waals surface area contributed by atoms with Crippen molar-refractivity contribution in [3.63, 3.8) is 0 Å². The summed E-state index contributed by atoms with van der Waals surface area (Å²) in [6, 6.07) is -0.0856. The van der Waals surface area contributed by atoms with Crippen LogP contribution in [0, 0.1) is 0 Å². The van der Waals surface area contributed by atoms with Crippen LogP contribution in [0.4, 0.5) is 0 Å². The fourth-order valence-corrected chi connectivity index (χ4v) is 2.92. The van der Waals surface area contributed by atoms with Crippen LogP contribution in [0.2, 0.25) is 0 Å². The SMILES string of the molecule is CC(CN1C(=O)CCC1=S)N1C(=O)CCC1=S. The molecule has 0 radical (unpaired) electrons. The van der Waals surface area contributed by atoms with E-state index in [4.69, 9.17) is 24.4 Å². The average Bonchev–Trinajstić information content (AvgIpc) is 2.75. The highest BCUT2D eigenvalue weighted by atomic mass is 32.1. The fourth-order valence-electron chi connectivity index (χ4n) is 2.26. The predicted molar refractivity (Wildman–Crippen MR) is 71.7 cm³/mol. The van der Waals surface area contributed by atoms with E-state index in [0.29, 0.717) is 42.2 Å². The maximum Gasteiger partial charge on any atom is 0.228 e. The van der Waals surface area contributed by atoms with E-state index in [1.807, 2.05) is 6.92 Å². The van der Waals surface area contributed by atoms with Gasteiger partial charge in [0.15, 0.2) is 0 Å². The Balaban J connectivity index is 2.03. The van der Waals surface area contributed by atoms with E-state index in [-0.39, 0.29) is 17.9 Å². The van der Waals surface area contributed by atoms with E-state index in [9.17, 15) is 9.59 Å². The van der Waals surface area contributed by atoms with Gasteiger partial charge < -0.3 is 9.80 Å². The molecule has 1 atom stereocenters. The van der Waals surface area contributed by atoms with Crippen LogP contribution < -0.4 is 0 Å². The van der Waals surface area contributed by atoms with Crippen molar-refractivity contribution in [2.24, 2.45) is 0 Å². The van der Waals surface area contributed by atoms with Gasteiger partial charge in [-0.15, -0.1) is 0 Å². The molecule has 0 aromatic carbocycles. The third-order valence-corrected chi connectivity index (χ3v) is 3.96. The molecule has 92 valence electrons. The van der Waals surface area contributed by atoms with Gasteiger partial charge in [0.05, 0.1) is 16.0 Å². The van der Waals surface area contributed by atoms with Gasteiger partial charge in [-0.05, 0) is 6.92 Å². The lowest BCUT2D eigenvalue weighted by atomic mass is 10.2. The molecule has 2 saturated heterocycles. The minimum Gasteiger partial charge on any atom is -0.304 e. The van der Waals surface area contributed by atoms with Crippen LogP contribution >= 0.6 is 24.4 Å². The summed E-state index contributed by atoms with van der Waals surface area (Å²) >= 11 is 10.3. The van der Waals surface area contributed by atoms with Gasteiger partial charge in [0, 0.05) is 32.2 Å². The van der Waals surface area contributed by atoms with Crippen molar-refractivity contribution >= 4 is 46.2 Å². The molecule has 0 aromatic heterocycles. The molecule has 6 heteroatoms. The van der Waals surface area contributed by atoms with E-state index in [1.165, 1.54) is 0 Å². The summed E-state index contributed by atoms with van der Waals surface area (Å²) in [5.74, 6) is 0.111. The second kappa shape index (κ2) is 4.78. The Bertz CT molecular complexity index is 376. The summed E-state index contributed by atoms with van der Waals surface area (Å²) < 4.78 is 0. The van der Waals surface area contributed by atoms with Crippen molar-refractivity contribution in [1.29, 1.82) is 0 Å². The van der Waals surface area contributed by atoms with Gasteiger partial charge in [0.25, 0.3) is 0 Å². The standard InChI is InChI=1S/C11H14N2O2S2/c1-7(13-9(15)3-5-11(13)17)6-12-8(14)2-4-10(12)16/h7H,2-6H2,1H3. The quantitative estimate of drug-likeness (QED) is 0.724. The molecule has 0 saturated carbocycles. The molecule has 0 bridgehead atoms. The second-order valence-corrected chi connectivity index (χ2v) is 5.35. The number of rotatable bonds is 3. The molecule has 0 aromatic rings. The Morgan fingerprint density at radius 1 is 1.06 bits per heavy atom. The Hall–Kier alpha value is -0.880. The number of hydrogen-bond acceptors (Lipinski definition) is 4. The van der Waals surface area contributed by atoms with Crippen molar-refractivity contribution in [3.8, 4) is 0 Å². The van der Waals surface area contributed by atoms with Crippen molar-refractivity contribution in [3.05, 3.63) is 0 Å². The topological polar surface area (TPSA) is 40.6 Å². The number of carbonyl (C=O) groups excluding carboxylic acids is 2. The second-order valence-electron chi connectivity index (χ2n) is 4.40. The van der Waals surface area contributed by atoms with Crippen molar-refractivity contribution in [2.75, 3.05) is 6.54 Å². The summed E-state index contributed by atoms with van der Waals surface area (Å²) in [7, 11) is 0. The van der Waals surface area contributed by atoms with E-state index in [1.54, 1.807) is 9.80 Å². The maximum atomic E-state index is 11.7. The van der Waals surface area contributed by atoms with Gasteiger partial charge in [-0.3, -0.25) is 9.59 Å². The average molecular weight is 270 g/mol. The first-order chi connectivity index (χ1) is 8.00. The van der Waals surface area contributed by atoms with E-state index in [2.05, 4.69) is 0 Å². The van der Waals surface area contributed by atoms with Gasteiger partial charge in [-0.1, -0.05) is 24.4 Å². The zero-order valence-electron chi connectivity index (χ0n) is 9.64. The van der Waals surface area contributed by atoms with Crippen LogP contribution in [0.3, 0.4) is 0 Å². The Kier molecular flexibility index (Phi) is 3.53. The number of likely N-dealkylation sites (tertiary alicyclic amines) is 2. The van der Waals surface area contributed by atoms with E-state index in [0.717, 1.165) is 0 Å². The predicted octanol–water partition coefficient (Wildman–Crippen LogP) is 1.27. The first-order valence-electron chi connectivity index (χ1n) is 5.69. The summed E-state index contributed by atoms with van der Waals surface area (Å²) in [6.07, 6.45) is 2.28. The van der Waals surface area contributed by atoms with Gasteiger partial charge in [0.2, 0.25) is 11.8 Å². The van der Waals surface area contributed by atoms with Crippen LogP contribution in [-0.2, 0) is 9.59 Å². The van der Waals surface area contributed by atoms with E-state index < -0.39 is 0 Å². The van der Waals surface area contributed by atoms with Gasteiger partial charge in [-0.25, -0.2) is 0 Å². The number of thiocarbonyl (C=S) groups is 2. The van der Waals surface area contributed by atoms with Gasteiger partial charge >= 0.3 is 0 Å².